The van der Waals surface area contributed by atoms with Crippen LogP contribution in [0.25, 0.3) is 0 Å². The summed E-state index contributed by atoms with van der Waals surface area (Å²) in [4.78, 5) is 28.6. The lowest BCUT2D eigenvalue weighted by molar-refractivity contribution is 0.0948. The van der Waals surface area contributed by atoms with Gasteiger partial charge < -0.3 is 15.4 Å². The lowest BCUT2D eigenvalue weighted by Crippen LogP contribution is -2.26. The van der Waals surface area contributed by atoms with Crippen molar-refractivity contribution in [1.82, 2.24) is 10.3 Å². The average molecular weight is 389 g/mol. The number of ether oxygens (including phenoxy) is 1. The first-order valence-corrected chi connectivity index (χ1v) is 9.49. The van der Waals surface area contributed by atoms with Crippen molar-refractivity contribution in [2.24, 2.45) is 0 Å². The van der Waals surface area contributed by atoms with Crippen LogP contribution in [0.3, 0.4) is 0 Å². The first kappa shape index (κ1) is 20.1. The summed E-state index contributed by atoms with van der Waals surface area (Å²) in [6.45, 7) is 3.01. The smallest absolute Gasteiger partial charge is 0.274 e. The summed E-state index contributed by atoms with van der Waals surface area (Å²) in [6, 6.07) is 21.8. The fourth-order valence-corrected chi connectivity index (χ4v) is 2.59. The van der Waals surface area contributed by atoms with Gasteiger partial charge in [-0.05, 0) is 48.4 Å². The molecule has 0 aliphatic rings. The summed E-state index contributed by atoms with van der Waals surface area (Å²) in [5, 5.41) is 5.53. The number of carbonyl (C=O) groups excluding carboxylic acids is 2. The van der Waals surface area contributed by atoms with Crippen LogP contribution in [-0.2, 0) is 6.61 Å². The van der Waals surface area contributed by atoms with Gasteiger partial charge in [0.05, 0.1) is 0 Å². The number of aromatic nitrogens is 1. The molecule has 0 saturated heterocycles. The van der Waals surface area contributed by atoms with Crippen molar-refractivity contribution in [2.45, 2.75) is 20.0 Å². The fourth-order valence-electron chi connectivity index (χ4n) is 2.59. The molecule has 29 heavy (non-hydrogen) atoms. The topological polar surface area (TPSA) is 80.3 Å². The van der Waals surface area contributed by atoms with Gasteiger partial charge in [0.2, 0.25) is 0 Å². The molecule has 0 unspecified atom stereocenters. The Morgan fingerprint density at radius 3 is 2.24 bits per heavy atom. The molecule has 3 rings (SSSR count). The van der Waals surface area contributed by atoms with E-state index in [0.29, 0.717) is 24.6 Å². The first-order chi connectivity index (χ1) is 14.2. The zero-order valence-electron chi connectivity index (χ0n) is 16.2. The van der Waals surface area contributed by atoms with Gasteiger partial charge in [0.15, 0.2) is 0 Å². The maximum Gasteiger partial charge on any atom is 0.274 e. The Labute approximate surface area is 169 Å². The van der Waals surface area contributed by atoms with Gasteiger partial charge in [-0.15, -0.1) is 0 Å². The van der Waals surface area contributed by atoms with Crippen LogP contribution in [0.15, 0.2) is 72.8 Å². The molecule has 0 spiro atoms. The lowest BCUT2D eigenvalue weighted by atomic mass is 10.2. The minimum absolute atomic E-state index is 0.179. The van der Waals surface area contributed by atoms with Gasteiger partial charge in [-0.25, -0.2) is 4.98 Å². The average Bonchev–Trinajstić information content (AvgIpc) is 2.77. The third kappa shape index (κ3) is 5.90. The van der Waals surface area contributed by atoms with Crippen LogP contribution < -0.4 is 15.4 Å². The summed E-state index contributed by atoms with van der Waals surface area (Å²) >= 11 is 0. The standard InChI is InChI=1S/C23H23N3O3/c1-2-15-24-22(27)20-9-6-10-21(26-20)23(28)25-18-11-13-19(14-12-18)29-16-17-7-4-3-5-8-17/h3-14H,2,15-16H2,1H3,(H,24,27)(H,25,28). The molecule has 2 N–H and O–H groups in total. The molecule has 0 saturated carbocycles. The van der Waals surface area contributed by atoms with E-state index in [-0.39, 0.29) is 23.2 Å². The van der Waals surface area contributed by atoms with Crippen LogP contribution in [0.5, 0.6) is 5.75 Å². The van der Waals surface area contributed by atoms with Gasteiger partial charge in [-0.2, -0.15) is 0 Å². The number of hydrogen-bond acceptors (Lipinski definition) is 4. The highest BCUT2D eigenvalue weighted by Gasteiger charge is 2.12. The quantitative estimate of drug-likeness (QED) is 0.609. The summed E-state index contributed by atoms with van der Waals surface area (Å²) < 4.78 is 5.74. The molecule has 2 amide bonds. The molecular weight excluding hydrogens is 366 g/mol. The molecule has 2 aromatic carbocycles. The molecular formula is C23H23N3O3. The molecule has 3 aromatic rings. The van der Waals surface area contributed by atoms with E-state index >= 15 is 0 Å². The van der Waals surface area contributed by atoms with Crippen molar-refractivity contribution in [1.29, 1.82) is 0 Å². The van der Waals surface area contributed by atoms with Crippen molar-refractivity contribution in [3.05, 3.63) is 89.7 Å². The monoisotopic (exact) mass is 389 g/mol. The normalized spacial score (nSPS) is 10.2. The number of benzene rings is 2. The van der Waals surface area contributed by atoms with Crippen molar-refractivity contribution in [3.63, 3.8) is 0 Å². The van der Waals surface area contributed by atoms with Gasteiger partial charge in [-0.1, -0.05) is 43.3 Å². The van der Waals surface area contributed by atoms with Crippen LogP contribution in [0.2, 0.25) is 0 Å². The molecule has 6 heteroatoms. The van der Waals surface area contributed by atoms with Crippen LogP contribution in [-0.4, -0.2) is 23.3 Å². The molecule has 0 aliphatic carbocycles. The van der Waals surface area contributed by atoms with Crippen LogP contribution in [0, 0.1) is 0 Å². The SMILES string of the molecule is CCCNC(=O)c1cccc(C(=O)Nc2ccc(OCc3ccccc3)cc2)n1. The Hall–Kier alpha value is -3.67. The number of hydrogen-bond donors (Lipinski definition) is 2. The number of nitrogens with zero attached hydrogens (tertiary/aromatic N) is 1. The second kappa shape index (κ2) is 10.0. The number of amides is 2. The molecule has 0 atom stereocenters. The van der Waals surface area contributed by atoms with Gasteiger partial charge in [-0.3, -0.25) is 9.59 Å². The second-order valence-electron chi connectivity index (χ2n) is 6.42. The first-order valence-electron chi connectivity index (χ1n) is 9.49. The van der Waals surface area contributed by atoms with E-state index in [4.69, 9.17) is 4.74 Å². The van der Waals surface area contributed by atoms with E-state index in [0.717, 1.165) is 12.0 Å². The molecule has 6 nitrogen and oxygen atoms in total. The molecule has 1 aromatic heterocycles. The molecule has 0 bridgehead atoms. The maximum absolute atomic E-state index is 12.5. The van der Waals surface area contributed by atoms with Crippen molar-refractivity contribution in [3.8, 4) is 5.75 Å². The van der Waals surface area contributed by atoms with Gasteiger partial charge >= 0.3 is 0 Å². The Morgan fingerprint density at radius 1 is 0.862 bits per heavy atom. The number of carbonyl (C=O) groups is 2. The largest absolute Gasteiger partial charge is 0.489 e. The summed E-state index contributed by atoms with van der Waals surface area (Å²) in [6.07, 6.45) is 0.830. The molecule has 148 valence electrons. The highest BCUT2D eigenvalue weighted by atomic mass is 16.5. The third-order valence-corrected chi connectivity index (χ3v) is 4.11. The van der Waals surface area contributed by atoms with Crippen molar-refractivity contribution < 1.29 is 14.3 Å². The van der Waals surface area contributed by atoms with E-state index in [2.05, 4.69) is 15.6 Å². The zero-order chi connectivity index (χ0) is 20.5. The highest BCUT2D eigenvalue weighted by Crippen LogP contribution is 2.17. The number of anilines is 1. The predicted molar refractivity (Wildman–Crippen MR) is 112 cm³/mol. The van der Waals surface area contributed by atoms with Gasteiger partial charge in [0, 0.05) is 12.2 Å². The molecule has 0 aliphatic heterocycles. The van der Waals surface area contributed by atoms with Crippen LogP contribution in [0.1, 0.15) is 39.9 Å². The summed E-state index contributed by atoms with van der Waals surface area (Å²) in [5.74, 6) is 0.0362. The van der Waals surface area contributed by atoms with E-state index in [1.54, 1.807) is 42.5 Å². The fraction of sp³-hybridized carbons (Fsp3) is 0.174. The molecule has 0 radical (unpaired) electrons. The van der Waals surface area contributed by atoms with E-state index in [9.17, 15) is 9.59 Å². The van der Waals surface area contributed by atoms with Crippen LogP contribution >= 0.6 is 0 Å². The Bertz CT molecular complexity index is 957. The Morgan fingerprint density at radius 2 is 1.55 bits per heavy atom. The highest BCUT2D eigenvalue weighted by molar-refractivity contribution is 6.03. The van der Waals surface area contributed by atoms with Crippen LogP contribution in [0.4, 0.5) is 5.69 Å². The van der Waals surface area contributed by atoms with Crippen molar-refractivity contribution in [2.75, 3.05) is 11.9 Å². The summed E-state index contributed by atoms with van der Waals surface area (Å²) in [5.41, 5.74) is 2.10. The minimum Gasteiger partial charge on any atom is -0.489 e. The van der Waals surface area contributed by atoms with Crippen molar-refractivity contribution >= 4 is 17.5 Å². The maximum atomic E-state index is 12.5. The lowest BCUT2D eigenvalue weighted by Gasteiger charge is -2.09. The number of pyridine rings is 1. The number of rotatable bonds is 8. The minimum atomic E-state index is -0.381. The van der Waals surface area contributed by atoms with Gasteiger partial charge in [0.25, 0.3) is 11.8 Å². The zero-order valence-corrected chi connectivity index (χ0v) is 16.2. The van der Waals surface area contributed by atoms with E-state index in [1.165, 1.54) is 0 Å². The number of nitrogens with one attached hydrogen (secondary N) is 2. The third-order valence-electron chi connectivity index (χ3n) is 4.11. The van der Waals surface area contributed by atoms with E-state index in [1.807, 2.05) is 37.3 Å². The second-order valence-corrected chi connectivity index (χ2v) is 6.42. The molecule has 0 fully saturated rings. The van der Waals surface area contributed by atoms with E-state index < -0.39 is 0 Å². The summed E-state index contributed by atoms with van der Waals surface area (Å²) in [7, 11) is 0. The Balaban J connectivity index is 1.58. The molecule has 1 heterocycles. The van der Waals surface area contributed by atoms with Gasteiger partial charge in [0.1, 0.15) is 23.7 Å². The predicted octanol–water partition coefficient (Wildman–Crippen LogP) is 4.05. The Kier molecular flexibility index (Phi) is 6.95.